The molecule has 0 radical (unpaired) electrons. The van der Waals surface area contributed by atoms with Gasteiger partial charge < -0.3 is 14.6 Å². The first-order valence-corrected chi connectivity index (χ1v) is 12.8. The van der Waals surface area contributed by atoms with Gasteiger partial charge in [0.2, 0.25) is 0 Å². The van der Waals surface area contributed by atoms with E-state index in [1.165, 1.54) is 6.07 Å². The second-order valence-electron chi connectivity index (χ2n) is 9.68. The molecule has 1 N–H and O–H groups in total. The van der Waals surface area contributed by atoms with E-state index in [4.69, 9.17) is 9.47 Å². The van der Waals surface area contributed by atoms with E-state index < -0.39 is 17.5 Å². The third-order valence-corrected chi connectivity index (χ3v) is 7.18. The summed E-state index contributed by atoms with van der Waals surface area (Å²) in [5.41, 5.74) is 2.03. The molecule has 3 nitrogen and oxygen atoms in total. The van der Waals surface area contributed by atoms with Crippen LogP contribution in [0.5, 0.6) is 11.5 Å². The summed E-state index contributed by atoms with van der Waals surface area (Å²) in [6, 6.07) is 15.0. The number of hydrogen-bond donors (Lipinski definition) is 1. The van der Waals surface area contributed by atoms with Crippen LogP contribution in [0.4, 0.5) is 13.2 Å². The highest BCUT2D eigenvalue weighted by molar-refractivity contribution is 5.65. The van der Waals surface area contributed by atoms with Gasteiger partial charge in [0.15, 0.2) is 23.2 Å². The fourth-order valence-corrected chi connectivity index (χ4v) is 4.90. The van der Waals surface area contributed by atoms with Crippen LogP contribution >= 0.6 is 0 Å². The lowest BCUT2D eigenvalue weighted by molar-refractivity contribution is 0.0963. The van der Waals surface area contributed by atoms with E-state index in [0.29, 0.717) is 29.9 Å². The number of halogens is 3. The predicted octanol–water partition coefficient (Wildman–Crippen LogP) is 7.96. The van der Waals surface area contributed by atoms with Gasteiger partial charge in [0, 0.05) is 5.56 Å². The van der Waals surface area contributed by atoms with Crippen molar-refractivity contribution >= 4 is 0 Å². The number of aliphatic hydroxyl groups excluding tert-OH is 1. The van der Waals surface area contributed by atoms with Gasteiger partial charge in [-0.3, -0.25) is 0 Å². The molecule has 0 spiro atoms. The normalized spacial score (nSPS) is 18.3. The van der Waals surface area contributed by atoms with Crippen LogP contribution in [-0.4, -0.2) is 17.8 Å². The van der Waals surface area contributed by atoms with Crippen molar-refractivity contribution in [3.8, 4) is 22.6 Å². The lowest BCUT2D eigenvalue weighted by atomic mass is 9.76. The van der Waals surface area contributed by atoms with Crippen molar-refractivity contribution in [1.82, 2.24) is 0 Å². The Kier molecular flexibility index (Phi) is 8.93. The SMILES string of the molecule is C=CCCOc1ccc(-c2ccc(OCc3ccc(C4CCC(C(C)O)CC4)c(F)c3F)cc2)cc1F. The fourth-order valence-electron chi connectivity index (χ4n) is 4.90. The van der Waals surface area contributed by atoms with E-state index in [-0.39, 0.29) is 35.9 Å². The molecule has 4 rings (SSSR count). The van der Waals surface area contributed by atoms with Gasteiger partial charge in [0.05, 0.1) is 12.7 Å². The maximum atomic E-state index is 14.9. The minimum Gasteiger partial charge on any atom is -0.490 e. The maximum absolute atomic E-state index is 14.9. The van der Waals surface area contributed by atoms with Crippen LogP contribution in [0.3, 0.4) is 0 Å². The third-order valence-electron chi connectivity index (χ3n) is 7.18. The van der Waals surface area contributed by atoms with E-state index in [2.05, 4.69) is 6.58 Å². The number of hydrogen-bond acceptors (Lipinski definition) is 3. The Labute approximate surface area is 216 Å². The second-order valence-corrected chi connectivity index (χ2v) is 9.68. The number of benzene rings is 3. The molecule has 0 aromatic heterocycles. The first-order chi connectivity index (χ1) is 17.9. The molecule has 1 fully saturated rings. The van der Waals surface area contributed by atoms with Crippen LogP contribution in [-0.2, 0) is 6.61 Å². The molecule has 1 aliphatic rings. The summed E-state index contributed by atoms with van der Waals surface area (Å²) in [5.74, 6) is -1.26. The van der Waals surface area contributed by atoms with E-state index in [9.17, 15) is 18.3 Å². The minimum atomic E-state index is -0.877. The lowest BCUT2D eigenvalue weighted by Crippen LogP contribution is -2.23. The smallest absolute Gasteiger partial charge is 0.165 e. The van der Waals surface area contributed by atoms with E-state index >= 15 is 0 Å². The van der Waals surface area contributed by atoms with Gasteiger partial charge in [-0.1, -0.05) is 36.4 Å². The quantitative estimate of drug-likeness (QED) is 0.222. The van der Waals surface area contributed by atoms with Gasteiger partial charge in [-0.15, -0.1) is 6.58 Å². The van der Waals surface area contributed by atoms with Crippen molar-refractivity contribution in [2.45, 2.75) is 57.7 Å². The number of aliphatic hydroxyl groups is 1. The van der Waals surface area contributed by atoms with Crippen LogP contribution in [0, 0.1) is 23.4 Å². The van der Waals surface area contributed by atoms with Crippen LogP contribution in [0.15, 0.2) is 67.3 Å². The van der Waals surface area contributed by atoms with Gasteiger partial charge >= 0.3 is 0 Å². The van der Waals surface area contributed by atoms with Crippen LogP contribution < -0.4 is 9.47 Å². The Hall–Kier alpha value is -3.25. The molecule has 3 aromatic rings. The summed E-state index contributed by atoms with van der Waals surface area (Å²) in [7, 11) is 0. The molecule has 1 unspecified atom stereocenters. The Balaban J connectivity index is 1.36. The van der Waals surface area contributed by atoms with Crippen LogP contribution in [0.1, 0.15) is 56.1 Å². The maximum Gasteiger partial charge on any atom is 0.165 e. The first kappa shape index (κ1) is 26.8. The largest absolute Gasteiger partial charge is 0.490 e. The summed E-state index contributed by atoms with van der Waals surface area (Å²) < 4.78 is 55.2. The topological polar surface area (TPSA) is 38.7 Å². The fraction of sp³-hybridized carbons (Fsp3) is 0.355. The molecule has 3 aromatic carbocycles. The van der Waals surface area contributed by atoms with Crippen molar-refractivity contribution in [2.75, 3.05) is 6.61 Å². The Morgan fingerprint density at radius 3 is 2.27 bits per heavy atom. The summed E-state index contributed by atoms with van der Waals surface area (Å²) in [6.07, 6.45) is 5.07. The molecule has 0 aliphatic heterocycles. The van der Waals surface area contributed by atoms with Crippen molar-refractivity contribution in [3.05, 3.63) is 95.8 Å². The molecular weight excluding hydrogens is 477 g/mol. The Bertz CT molecular complexity index is 1200. The molecule has 1 saturated carbocycles. The molecule has 0 amide bonds. The van der Waals surface area contributed by atoms with Gasteiger partial charge in [0.25, 0.3) is 0 Å². The van der Waals surface area contributed by atoms with E-state index in [1.54, 1.807) is 61.5 Å². The minimum absolute atomic E-state index is 0.0374. The Morgan fingerprint density at radius 2 is 1.62 bits per heavy atom. The first-order valence-electron chi connectivity index (χ1n) is 12.8. The zero-order valence-electron chi connectivity index (χ0n) is 21.1. The highest BCUT2D eigenvalue weighted by atomic mass is 19.2. The van der Waals surface area contributed by atoms with E-state index in [0.717, 1.165) is 31.2 Å². The molecule has 0 heterocycles. The van der Waals surface area contributed by atoms with Crippen LogP contribution in [0.25, 0.3) is 11.1 Å². The monoisotopic (exact) mass is 510 g/mol. The highest BCUT2D eigenvalue weighted by Gasteiger charge is 2.28. The second kappa shape index (κ2) is 12.3. The van der Waals surface area contributed by atoms with Gasteiger partial charge in [-0.25, -0.2) is 13.2 Å². The summed E-state index contributed by atoms with van der Waals surface area (Å²) >= 11 is 0. The average molecular weight is 511 g/mol. The highest BCUT2D eigenvalue weighted by Crippen LogP contribution is 2.39. The molecule has 0 bridgehead atoms. The van der Waals surface area contributed by atoms with E-state index in [1.807, 2.05) is 0 Å². The van der Waals surface area contributed by atoms with Crippen LogP contribution in [0.2, 0.25) is 0 Å². The third kappa shape index (κ3) is 6.55. The average Bonchev–Trinajstić information content (AvgIpc) is 2.91. The molecule has 6 heteroatoms. The standard InChI is InChI=1S/C31H33F3O3/c1-3-4-17-36-29-16-12-24(18-28(29)32)22-9-13-26(14-10-22)37-19-25-11-15-27(31(34)30(25)33)23-7-5-21(6-8-23)20(2)35/h3,9-16,18,20-21,23,35H,1,4-8,17,19H2,2H3. The van der Waals surface area contributed by atoms with Crippen molar-refractivity contribution in [3.63, 3.8) is 0 Å². The molecule has 1 aliphatic carbocycles. The zero-order chi connectivity index (χ0) is 26.4. The summed E-state index contributed by atoms with van der Waals surface area (Å²) in [4.78, 5) is 0. The molecule has 196 valence electrons. The van der Waals surface area contributed by atoms with Crippen molar-refractivity contribution in [2.24, 2.45) is 5.92 Å². The van der Waals surface area contributed by atoms with Crippen molar-refractivity contribution < 1.29 is 27.8 Å². The summed E-state index contributed by atoms with van der Waals surface area (Å²) in [5, 5.41) is 9.78. The zero-order valence-corrected chi connectivity index (χ0v) is 21.1. The van der Waals surface area contributed by atoms with Crippen molar-refractivity contribution in [1.29, 1.82) is 0 Å². The molecule has 1 atom stereocenters. The molecule has 0 saturated heterocycles. The van der Waals surface area contributed by atoms with Gasteiger partial charge in [-0.2, -0.15) is 0 Å². The van der Waals surface area contributed by atoms with Gasteiger partial charge in [0.1, 0.15) is 12.4 Å². The summed E-state index contributed by atoms with van der Waals surface area (Å²) in [6.45, 7) is 5.66. The lowest BCUT2D eigenvalue weighted by Gasteiger charge is -2.30. The number of rotatable bonds is 10. The Morgan fingerprint density at radius 1 is 0.919 bits per heavy atom. The predicted molar refractivity (Wildman–Crippen MR) is 139 cm³/mol. The number of ether oxygens (including phenoxy) is 2. The van der Waals surface area contributed by atoms with Gasteiger partial charge in [-0.05, 0) is 91.8 Å². The molecular formula is C31H33F3O3. The molecule has 37 heavy (non-hydrogen) atoms.